The Bertz CT molecular complexity index is 884. The zero-order valence-corrected chi connectivity index (χ0v) is 16.8. The van der Waals surface area contributed by atoms with E-state index in [1.165, 1.54) is 6.26 Å². The maximum Gasteiger partial charge on any atom is 0.339 e. The van der Waals surface area contributed by atoms with E-state index in [0.717, 1.165) is 17.0 Å². The SMILES string of the molecule is C[C@@H]1CCN(C(=O)COC(=O)c2ccccc2[S@@](C)=O)c2ccccc2S1. The van der Waals surface area contributed by atoms with Crippen molar-refractivity contribution in [3.8, 4) is 0 Å². The lowest BCUT2D eigenvalue weighted by atomic mass is 10.2. The van der Waals surface area contributed by atoms with Gasteiger partial charge in [0.05, 0.1) is 26.9 Å². The van der Waals surface area contributed by atoms with E-state index >= 15 is 0 Å². The van der Waals surface area contributed by atoms with Crippen LogP contribution >= 0.6 is 11.8 Å². The highest BCUT2D eigenvalue weighted by Crippen LogP contribution is 2.37. The van der Waals surface area contributed by atoms with Crippen molar-refractivity contribution in [2.45, 2.75) is 28.4 Å². The van der Waals surface area contributed by atoms with Crippen molar-refractivity contribution in [3.63, 3.8) is 0 Å². The van der Waals surface area contributed by atoms with Gasteiger partial charge in [0.15, 0.2) is 6.61 Å². The van der Waals surface area contributed by atoms with Crippen LogP contribution in [0, 0.1) is 0 Å². The molecule has 2 atom stereocenters. The molecular weight excluding hydrogens is 382 g/mol. The summed E-state index contributed by atoms with van der Waals surface area (Å²) in [6.07, 6.45) is 2.36. The third-order valence-electron chi connectivity index (χ3n) is 4.29. The predicted octanol–water partition coefficient (Wildman–Crippen LogP) is 3.50. The maximum absolute atomic E-state index is 12.8. The fourth-order valence-corrected chi connectivity index (χ4v) is 4.76. The van der Waals surface area contributed by atoms with Crippen LogP contribution in [0.3, 0.4) is 0 Å². The average molecular weight is 404 g/mol. The molecule has 0 spiro atoms. The zero-order valence-electron chi connectivity index (χ0n) is 15.2. The van der Waals surface area contributed by atoms with Crippen LogP contribution in [-0.2, 0) is 20.3 Å². The number of fused-ring (bicyclic) bond motifs is 1. The molecule has 27 heavy (non-hydrogen) atoms. The highest BCUT2D eigenvalue weighted by molar-refractivity contribution is 8.00. The van der Waals surface area contributed by atoms with E-state index in [4.69, 9.17) is 4.74 Å². The Morgan fingerprint density at radius 2 is 1.89 bits per heavy atom. The van der Waals surface area contributed by atoms with Crippen molar-refractivity contribution in [1.82, 2.24) is 0 Å². The summed E-state index contributed by atoms with van der Waals surface area (Å²) in [5.74, 6) is -0.902. The smallest absolute Gasteiger partial charge is 0.339 e. The molecule has 7 heteroatoms. The minimum atomic E-state index is -1.31. The van der Waals surface area contributed by atoms with Gasteiger partial charge in [0, 0.05) is 22.9 Å². The van der Waals surface area contributed by atoms with Gasteiger partial charge < -0.3 is 9.64 Å². The van der Waals surface area contributed by atoms with Gasteiger partial charge in [0.25, 0.3) is 5.91 Å². The Morgan fingerprint density at radius 1 is 1.19 bits per heavy atom. The van der Waals surface area contributed by atoms with E-state index in [0.29, 0.717) is 16.7 Å². The Hall–Kier alpha value is -2.12. The number of thioether (sulfide) groups is 1. The van der Waals surface area contributed by atoms with Gasteiger partial charge in [0.2, 0.25) is 0 Å². The summed E-state index contributed by atoms with van der Waals surface area (Å²) in [4.78, 5) is 28.3. The number of esters is 1. The Morgan fingerprint density at radius 3 is 2.67 bits per heavy atom. The van der Waals surface area contributed by atoms with Crippen LogP contribution < -0.4 is 4.90 Å². The first-order valence-corrected chi connectivity index (χ1v) is 11.1. The van der Waals surface area contributed by atoms with Gasteiger partial charge in [-0.2, -0.15) is 0 Å². The number of benzene rings is 2. The van der Waals surface area contributed by atoms with Crippen LogP contribution in [0.15, 0.2) is 58.3 Å². The Balaban J connectivity index is 1.73. The fraction of sp³-hybridized carbons (Fsp3) is 0.300. The number of carbonyl (C=O) groups excluding carboxylic acids is 2. The molecule has 0 aliphatic carbocycles. The molecule has 0 aromatic heterocycles. The summed E-state index contributed by atoms with van der Waals surface area (Å²) in [7, 11) is -1.31. The van der Waals surface area contributed by atoms with Crippen molar-refractivity contribution < 1.29 is 18.5 Å². The summed E-state index contributed by atoms with van der Waals surface area (Å²) in [6, 6.07) is 14.3. The molecule has 0 N–H and O–H groups in total. The first kappa shape index (κ1) is 19.6. The van der Waals surface area contributed by atoms with Gasteiger partial charge >= 0.3 is 5.97 Å². The van der Waals surface area contributed by atoms with E-state index in [2.05, 4.69) is 6.92 Å². The largest absolute Gasteiger partial charge is 0.452 e. The van der Waals surface area contributed by atoms with Crippen LogP contribution in [0.2, 0.25) is 0 Å². The lowest BCUT2D eigenvalue weighted by molar-refractivity contribution is -0.121. The fourth-order valence-electron chi connectivity index (χ4n) is 2.91. The van der Waals surface area contributed by atoms with Crippen molar-refractivity contribution in [2.24, 2.45) is 0 Å². The van der Waals surface area contributed by atoms with Crippen LogP contribution in [-0.4, -0.2) is 40.7 Å². The van der Waals surface area contributed by atoms with Gasteiger partial charge in [-0.25, -0.2) is 4.79 Å². The number of anilines is 1. The molecular formula is C20H21NO4S2. The molecule has 1 heterocycles. The van der Waals surface area contributed by atoms with E-state index in [9.17, 15) is 13.8 Å². The summed E-state index contributed by atoms with van der Waals surface area (Å²) in [5, 5.41) is 0.401. The summed E-state index contributed by atoms with van der Waals surface area (Å²) in [6.45, 7) is 2.37. The molecule has 2 aromatic rings. The molecule has 1 aliphatic rings. The first-order valence-electron chi connectivity index (χ1n) is 8.63. The third-order valence-corrected chi connectivity index (χ3v) is 6.50. The summed E-state index contributed by atoms with van der Waals surface area (Å²) in [5.41, 5.74) is 1.08. The van der Waals surface area contributed by atoms with Crippen LogP contribution in [0.4, 0.5) is 5.69 Å². The molecule has 2 aromatic carbocycles. The van der Waals surface area contributed by atoms with Crippen molar-refractivity contribution in [2.75, 3.05) is 24.3 Å². The molecule has 0 unspecified atom stereocenters. The van der Waals surface area contributed by atoms with Crippen LogP contribution in [0.1, 0.15) is 23.7 Å². The highest BCUT2D eigenvalue weighted by Gasteiger charge is 2.25. The number of amides is 1. The van der Waals surface area contributed by atoms with Crippen molar-refractivity contribution in [1.29, 1.82) is 0 Å². The molecule has 5 nitrogen and oxygen atoms in total. The monoisotopic (exact) mass is 403 g/mol. The van der Waals surface area contributed by atoms with Gasteiger partial charge in [-0.3, -0.25) is 9.00 Å². The minimum Gasteiger partial charge on any atom is -0.452 e. The second-order valence-corrected chi connectivity index (χ2v) is 9.09. The minimum absolute atomic E-state index is 0.228. The molecule has 0 saturated carbocycles. The Labute approximate surface area is 165 Å². The average Bonchev–Trinajstić information content (AvgIpc) is 2.84. The number of hydrogen-bond acceptors (Lipinski definition) is 5. The number of carbonyl (C=O) groups is 2. The van der Waals surface area contributed by atoms with Gasteiger partial charge in [-0.15, -0.1) is 11.8 Å². The molecule has 0 fully saturated rings. The topological polar surface area (TPSA) is 63.7 Å². The first-order chi connectivity index (χ1) is 13.0. The summed E-state index contributed by atoms with van der Waals surface area (Å²) >= 11 is 1.74. The van der Waals surface area contributed by atoms with E-state index < -0.39 is 16.8 Å². The lowest BCUT2D eigenvalue weighted by Crippen LogP contribution is -2.35. The van der Waals surface area contributed by atoms with Crippen molar-refractivity contribution in [3.05, 3.63) is 54.1 Å². The normalized spacial score (nSPS) is 17.6. The van der Waals surface area contributed by atoms with Gasteiger partial charge in [0.1, 0.15) is 0 Å². The predicted molar refractivity (Wildman–Crippen MR) is 108 cm³/mol. The number of hydrogen-bond donors (Lipinski definition) is 0. The molecule has 3 rings (SSSR count). The molecule has 0 saturated heterocycles. The number of rotatable bonds is 4. The van der Waals surface area contributed by atoms with Crippen molar-refractivity contribution >= 4 is 40.1 Å². The third kappa shape index (κ3) is 4.59. The van der Waals surface area contributed by atoms with E-state index in [1.54, 1.807) is 40.9 Å². The summed E-state index contributed by atoms with van der Waals surface area (Å²) < 4.78 is 17.0. The molecule has 1 amide bonds. The molecule has 142 valence electrons. The van der Waals surface area contributed by atoms with Crippen LogP contribution in [0.5, 0.6) is 0 Å². The van der Waals surface area contributed by atoms with E-state index in [-0.39, 0.29) is 18.1 Å². The zero-order chi connectivity index (χ0) is 19.4. The molecule has 0 bridgehead atoms. The lowest BCUT2D eigenvalue weighted by Gasteiger charge is -2.22. The standard InChI is InChI=1S/C20H21NO4S2/c1-14-11-12-21(16-8-4-5-9-17(16)26-14)19(22)13-25-20(23)15-7-3-6-10-18(15)27(2)24/h3-10,14H,11-13H2,1-2H3/t14-,27-/m1/s1. The molecule has 1 aliphatic heterocycles. The van der Waals surface area contributed by atoms with Gasteiger partial charge in [-0.1, -0.05) is 31.2 Å². The second-order valence-electron chi connectivity index (χ2n) is 6.26. The quantitative estimate of drug-likeness (QED) is 0.731. The maximum atomic E-state index is 12.8. The molecule has 0 radical (unpaired) electrons. The highest BCUT2D eigenvalue weighted by atomic mass is 32.2. The van der Waals surface area contributed by atoms with Gasteiger partial charge in [-0.05, 0) is 30.7 Å². The number of ether oxygens (including phenoxy) is 1. The second kappa shape index (κ2) is 8.71. The van der Waals surface area contributed by atoms with Crippen LogP contribution in [0.25, 0.3) is 0 Å². The van der Waals surface area contributed by atoms with E-state index in [1.807, 2.05) is 24.3 Å². The number of nitrogens with zero attached hydrogens (tertiary/aromatic N) is 1. The Kier molecular flexibility index (Phi) is 6.34. The number of para-hydroxylation sites is 1.